The van der Waals surface area contributed by atoms with Crippen LogP contribution in [0.2, 0.25) is 5.02 Å². The second-order valence-electron chi connectivity index (χ2n) is 3.65. The van der Waals surface area contributed by atoms with E-state index < -0.39 is 11.9 Å². The van der Waals surface area contributed by atoms with E-state index in [9.17, 15) is 9.50 Å². The Morgan fingerprint density at radius 1 is 1.60 bits per heavy atom. The molecule has 1 atom stereocenters. The maximum Gasteiger partial charge on any atom is 0.147 e. The third-order valence-electron chi connectivity index (χ3n) is 2.19. The largest absolute Gasteiger partial charge is 0.388 e. The van der Waals surface area contributed by atoms with Gasteiger partial charge in [0.25, 0.3) is 0 Å². The van der Waals surface area contributed by atoms with Gasteiger partial charge in [-0.15, -0.1) is 6.58 Å². The lowest BCUT2D eigenvalue weighted by Crippen LogP contribution is -2.01. The second kappa shape index (κ2) is 5.29. The third kappa shape index (κ3) is 3.33. The molecule has 0 aliphatic rings. The van der Waals surface area contributed by atoms with Crippen LogP contribution in [0.4, 0.5) is 4.39 Å². The van der Waals surface area contributed by atoms with E-state index >= 15 is 0 Å². The predicted octanol–water partition coefficient (Wildman–Crippen LogP) is 3.87. The monoisotopic (exact) mass is 228 g/mol. The summed E-state index contributed by atoms with van der Waals surface area (Å²) in [5.74, 6) is -0.534. The van der Waals surface area contributed by atoms with Gasteiger partial charge in [-0.05, 0) is 25.8 Å². The number of benzene rings is 1. The standard InChI is InChI=1S/C12H14ClFO/c1-8(2)6-7-11(15)9-4-3-5-10(13)12(9)14/h3-5,11,15H,1,6-7H2,2H3. The molecule has 0 saturated heterocycles. The van der Waals surface area contributed by atoms with Crippen LogP contribution in [-0.4, -0.2) is 5.11 Å². The van der Waals surface area contributed by atoms with E-state index in [0.29, 0.717) is 12.8 Å². The van der Waals surface area contributed by atoms with Gasteiger partial charge in [0.15, 0.2) is 0 Å². The van der Waals surface area contributed by atoms with Crippen LogP contribution in [-0.2, 0) is 0 Å². The van der Waals surface area contributed by atoms with Gasteiger partial charge in [-0.2, -0.15) is 0 Å². The molecule has 0 aliphatic carbocycles. The topological polar surface area (TPSA) is 20.2 Å². The summed E-state index contributed by atoms with van der Waals surface area (Å²) in [5.41, 5.74) is 1.22. The molecule has 1 N–H and O–H groups in total. The Balaban J connectivity index is 2.77. The molecule has 0 aromatic heterocycles. The fourth-order valence-electron chi connectivity index (χ4n) is 1.32. The van der Waals surface area contributed by atoms with Crippen LogP contribution in [0, 0.1) is 5.82 Å². The maximum absolute atomic E-state index is 13.5. The van der Waals surface area contributed by atoms with Gasteiger partial charge < -0.3 is 5.11 Å². The molecule has 0 amide bonds. The van der Waals surface area contributed by atoms with E-state index in [0.717, 1.165) is 5.57 Å². The van der Waals surface area contributed by atoms with E-state index in [1.165, 1.54) is 6.07 Å². The Morgan fingerprint density at radius 3 is 2.87 bits per heavy atom. The number of aliphatic hydroxyl groups is 1. The molecule has 3 heteroatoms. The van der Waals surface area contributed by atoms with Gasteiger partial charge in [0.05, 0.1) is 11.1 Å². The van der Waals surface area contributed by atoms with Crippen molar-refractivity contribution in [2.24, 2.45) is 0 Å². The zero-order valence-electron chi connectivity index (χ0n) is 8.63. The Labute approximate surface area is 94.2 Å². The summed E-state index contributed by atoms with van der Waals surface area (Å²) < 4.78 is 13.5. The van der Waals surface area contributed by atoms with E-state index in [2.05, 4.69) is 6.58 Å². The van der Waals surface area contributed by atoms with Crippen molar-refractivity contribution >= 4 is 11.6 Å². The molecule has 1 rings (SSSR count). The number of allylic oxidation sites excluding steroid dienone is 1. The Kier molecular flexibility index (Phi) is 4.30. The van der Waals surface area contributed by atoms with Crippen LogP contribution < -0.4 is 0 Å². The molecular weight excluding hydrogens is 215 g/mol. The SMILES string of the molecule is C=C(C)CCC(O)c1cccc(Cl)c1F. The molecule has 0 spiro atoms. The van der Waals surface area contributed by atoms with Crippen molar-refractivity contribution < 1.29 is 9.50 Å². The van der Waals surface area contributed by atoms with Gasteiger partial charge >= 0.3 is 0 Å². The quantitative estimate of drug-likeness (QED) is 0.776. The molecule has 1 aromatic rings. The average Bonchev–Trinajstić information content (AvgIpc) is 2.18. The first-order valence-corrected chi connectivity index (χ1v) is 5.16. The molecule has 0 saturated carbocycles. The Hall–Kier alpha value is -0.860. The lowest BCUT2D eigenvalue weighted by molar-refractivity contribution is 0.163. The van der Waals surface area contributed by atoms with Crippen molar-refractivity contribution in [3.05, 3.63) is 46.8 Å². The summed E-state index contributed by atoms with van der Waals surface area (Å²) in [6.45, 7) is 5.61. The average molecular weight is 229 g/mol. The minimum absolute atomic E-state index is 0.0434. The molecule has 0 bridgehead atoms. The molecule has 1 unspecified atom stereocenters. The molecule has 0 aliphatic heterocycles. The van der Waals surface area contributed by atoms with Crippen LogP contribution in [0.3, 0.4) is 0 Å². The zero-order chi connectivity index (χ0) is 11.4. The highest BCUT2D eigenvalue weighted by Gasteiger charge is 2.14. The molecule has 0 heterocycles. The molecule has 1 nitrogen and oxygen atoms in total. The number of hydrogen-bond donors (Lipinski definition) is 1. The van der Waals surface area contributed by atoms with Crippen molar-refractivity contribution in [2.45, 2.75) is 25.9 Å². The van der Waals surface area contributed by atoms with Gasteiger partial charge in [-0.1, -0.05) is 29.3 Å². The van der Waals surface area contributed by atoms with Crippen molar-refractivity contribution in [1.29, 1.82) is 0 Å². The summed E-state index contributed by atoms with van der Waals surface area (Å²) in [5, 5.41) is 9.78. The summed E-state index contributed by atoms with van der Waals surface area (Å²) in [7, 11) is 0. The van der Waals surface area contributed by atoms with Crippen LogP contribution in [0.5, 0.6) is 0 Å². The van der Waals surface area contributed by atoms with Crippen molar-refractivity contribution in [3.8, 4) is 0 Å². The van der Waals surface area contributed by atoms with E-state index in [4.69, 9.17) is 11.6 Å². The van der Waals surface area contributed by atoms with Gasteiger partial charge in [-0.3, -0.25) is 0 Å². The fraction of sp³-hybridized carbons (Fsp3) is 0.333. The summed E-state index contributed by atoms with van der Waals surface area (Å²) in [6.07, 6.45) is 0.320. The number of hydrogen-bond acceptors (Lipinski definition) is 1. The number of halogens is 2. The van der Waals surface area contributed by atoms with E-state index in [1.807, 2.05) is 6.92 Å². The van der Waals surface area contributed by atoms with Crippen LogP contribution in [0.25, 0.3) is 0 Å². The first-order valence-electron chi connectivity index (χ1n) is 4.78. The minimum Gasteiger partial charge on any atom is -0.388 e. The van der Waals surface area contributed by atoms with Crippen LogP contribution in [0.15, 0.2) is 30.4 Å². The molecule has 1 aromatic carbocycles. The molecule has 15 heavy (non-hydrogen) atoms. The second-order valence-corrected chi connectivity index (χ2v) is 4.06. The van der Waals surface area contributed by atoms with Gasteiger partial charge in [0, 0.05) is 5.56 Å². The number of rotatable bonds is 4. The third-order valence-corrected chi connectivity index (χ3v) is 2.48. The smallest absolute Gasteiger partial charge is 0.147 e. The zero-order valence-corrected chi connectivity index (χ0v) is 9.39. The predicted molar refractivity (Wildman–Crippen MR) is 60.4 cm³/mol. The first kappa shape index (κ1) is 12.2. The lowest BCUT2D eigenvalue weighted by Gasteiger charge is -2.12. The molecule has 82 valence electrons. The molecular formula is C12H14ClFO. The normalized spacial score (nSPS) is 12.5. The van der Waals surface area contributed by atoms with Gasteiger partial charge in [0.1, 0.15) is 5.82 Å². The minimum atomic E-state index is -0.819. The highest BCUT2D eigenvalue weighted by atomic mass is 35.5. The molecule has 0 radical (unpaired) electrons. The first-order chi connectivity index (χ1) is 7.02. The van der Waals surface area contributed by atoms with E-state index in [1.54, 1.807) is 12.1 Å². The van der Waals surface area contributed by atoms with Crippen molar-refractivity contribution in [2.75, 3.05) is 0 Å². The van der Waals surface area contributed by atoms with Gasteiger partial charge in [-0.25, -0.2) is 4.39 Å². The Morgan fingerprint density at radius 2 is 2.27 bits per heavy atom. The Bertz CT molecular complexity index is 363. The highest BCUT2D eigenvalue weighted by molar-refractivity contribution is 6.30. The maximum atomic E-state index is 13.5. The van der Waals surface area contributed by atoms with Crippen LogP contribution in [0.1, 0.15) is 31.4 Å². The van der Waals surface area contributed by atoms with Crippen molar-refractivity contribution in [1.82, 2.24) is 0 Å². The summed E-state index contributed by atoms with van der Waals surface area (Å²) in [6, 6.07) is 4.64. The summed E-state index contributed by atoms with van der Waals surface area (Å²) in [4.78, 5) is 0. The summed E-state index contributed by atoms with van der Waals surface area (Å²) >= 11 is 5.62. The number of aliphatic hydroxyl groups excluding tert-OH is 1. The van der Waals surface area contributed by atoms with E-state index in [-0.39, 0.29) is 10.6 Å². The fourth-order valence-corrected chi connectivity index (χ4v) is 1.50. The van der Waals surface area contributed by atoms with Crippen LogP contribution >= 0.6 is 11.6 Å². The highest BCUT2D eigenvalue weighted by Crippen LogP contribution is 2.26. The lowest BCUT2D eigenvalue weighted by atomic mass is 10.0. The van der Waals surface area contributed by atoms with Gasteiger partial charge in [0.2, 0.25) is 0 Å². The molecule has 0 fully saturated rings. The van der Waals surface area contributed by atoms with Crippen molar-refractivity contribution in [3.63, 3.8) is 0 Å².